The Morgan fingerprint density at radius 2 is 1.90 bits per heavy atom. The lowest BCUT2D eigenvalue weighted by Crippen LogP contribution is -2.22. The molecule has 3 heteroatoms. The van der Waals surface area contributed by atoms with E-state index < -0.39 is 0 Å². The van der Waals surface area contributed by atoms with Crippen LogP contribution in [0.4, 0.5) is 4.39 Å². The summed E-state index contributed by atoms with van der Waals surface area (Å²) >= 11 is 0. The quantitative estimate of drug-likeness (QED) is 0.889. The summed E-state index contributed by atoms with van der Waals surface area (Å²) in [6, 6.07) is 13.5. The fraction of sp³-hybridized carbons (Fsp3) is 0.294. The molecule has 2 aromatic carbocycles. The molecule has 0 saturated heterocycles. The average molecular weight is 273 g/mol. The molecule has 0 aliphatic carbocycles. The van der Waals surface area contributed by atoms with Gasteiger partial charge in [-0.05, 0) is 28.8 Å². The van der Waals surface area contributed by atoms with Gasteiger partial charge in [-0.1, -0.05) is 44.2 Å². The van der Waals surface area contributed by atoms with E-state index in [-0.39, 0.29) is 11.6 Å². The van der Waals surface area contributed by atoms with Gasteiger partial charge >= 0.3 is 0 Å². The predicted octanol–water partition coefficient (Wildman–Crippen LogP) is 4.00. The van der Waals surface area contributed by atoms with Gasteiger partial charge in [0.25, 0.3) is 0 Å². The molecule has 106 valence electrons. The normalized spacial score (nSPS) is 10.8. The van der Waals surface area contributed by atoms with Crippen molar-refractivity contribution < 1.29 is 9.13 Å². The highest BCUT2D eigenvalue weighted by atomic mass is 19.1. The number of hydrogen-bond acceptors (Lipinski definition) is 2. The summed E-state index contributed by atoms with van der Waals surface area (Å²) < 4.78 is 18.8. The Morgan fingerprint density at radius 3 is 2.55 bits per heavy atom. The van der Waals surface area contributed by atoms with E-state index in [2.05, 4.69) is 25.2 Å². The molecule has 0 aliphatic heterocycles. The Morgan fingerprint density at radius 1 is 1.15 bits per heavy atom. The van der Waals surface area contributed by atoms with Crippen LogP contribution in [0.15, 0.2) is 42.5 Å². The van der Waals surface area contributed by atoms with Crippen LogP contribution in [0.1, 0.15) is 19.4 Å². The third-order valence-corrected chi connectivity index (χ3v) is 3.18. The first-order valence-corrected chi connectivity index (χ1v) is 6.77. The molecular weight excluding hydrogens is 253 g/mol. The predicted molar refractivity (Wildman–Crippen MR) is 80.4 cm³/mol. The van der Waals surface area contributed by atoms with Crippen LogP contribution in [0.5, 0.6) is 5.75 Å². The number of benzene rings is 2. The number of halogens is 1. The Kier molecular flexibility index (Phi) is 4.74. The summed E-state index contributed by atoms with van der Waals surface area (Å²) in [7, 11) is 1.47. The van der Waals surface area contributed by atoms with Crippen LogP contribution in [-0.2, 0) is 6.54 Å². The van der Waals surface area contributed by atoms with E-state index in [0.717, 1.165) is 23.2 Å². The van der Waals surface area contributed by atoms with Gasteiger partial charge < -0.3 is 10.1 Å². The molecule has 0 saturated carbocycles. The van der Waals surface area contributed by atoms with Gasteiger partial charge in [-0.3, -0.25) is 0 Å². The van der Waals surface area contributed by atoms with Crippen LogP contribution in [0, 0.1) is 5.82 Å². The Bertz CT molecular complexity index is 581. The van der Waals surface area contributed by atoms with Crippen LogP contribution >= 0.6 is 0 Å². The van der Waals surface area contributed by atoms with Crippen molar-refractivity contribution in [3.63, 3.8) is 0 Å². The van der Waals surface area contributed by atoms with Crippen LogP contribution in [0.25, 0.3) is 11.1 Å². The van der Waals surface area contributed by atoms with Gasteiger partial charge in [0.1, 0.15) is 0 Å². The molecule has 0 spiro atoms. The Hall–Kier alpha value is -1.87. The molecule has 0 amide bonds. The molecule has 2 aromatic rings. The average Bonchev–Trinajstić information content (AvgIpc) is 2.45. The van der Waals surface area contributed by atoms with E-state index in [1.807, 2.05) is 24.3 Å². The van der Waals surface area contributed by atoms with Crippen LogP contribution in [0.2, 0.25) is 0 Å². The highest BCUT2D eigenvalue weighted by Crippen LogP contribution is 2.28. The minimum Gasteiger partial charge on any atom is -0.494 e. The second-order valence-electron chi connectivity index (χ2n) is 5.04. The first-order valence-electron chi connectivity index (χ1n) is 6.77. The number of methoxy groups -OCH3 is 1. The van der Waals surface area contributed by atoms with Crippen LogP contribution < -0.4 is 10.1 Å². The van der Waals surface area contributed by atoms with Gasteiger partial charge in [0.15, 0.2) is 11.6 Å². The lowest BCUT2D eigenvalue weighted by molar-refractivity contribution is 0.386. The Balaban J connectivity index is 2.34. The SMILES string of the molecule is COc1ccc(-c2ccccc2CNC(C)C)cc1F. The lowest BCUT2D eigenvalue weighted by atomic mass is 9.99. The van der Waals surface area contributed by atoms with Gasteiger partial charge in [0.2, 0.25) is 0 Å². The molecular formula is C17H20FNO. The maximum atomic E-state index is 13.8. The highest BCUT2D eigenvalue weighted by molar-refractivity contribution is 5.68. The molecule has 2 nitrogen and oxygen atoms in total. The van der Waals surface area contributed by atoms with Gasteiger partial charge in [-0.2, -0.15) is 0 Å². The van der Waals surface area contributed by atoms with Gasteiger partial charge in [0, 0.05) is 12.6 Å². The molecule has 1 N–H and O–H groups in total. The molecule has 2 rings (SSSR count). The second-order valence-corrected chi connectivity index (χ2v) is 5.04. The van der Waals surface area contributed by atoms with Crippen molar-refractivity contribution in [3.05, 3.63) is 53.8 Å². The minimum atomic E-state index is -0.336. The summed E-state index contributed by atoms with van der Waals surface area (Å²) in [4.78, 5) is 0. The van der Waals surface area contributed by atoms with Crippen molar-refractivity contribution >= 4 is 0 Å². The summed E-state index contributed by atoms with van der Waals surface area (Å²) in [6.45, 7) is 4.98. The smallest absolute Gasteiger partial charge is 0.165 e. The zero-order chi connectivity index (χ0) is 14.5. The van der Waals surface area contributed by atoms with Gasteiger partial charge in [-0.25, -0.2) is 4.39 Å². The molecule has 0 atom stereocenters. The number of rotatable bonds is 5. The first kappa shape index (κ1) is 14.5. The highest BCUT2D eigenvalue weighted by Gasteiger charge is 2.08. The summed E-state index contributed by atoms with van der Waals surface area (Å²) in [5.74, 6) is -0.0665. The van der Waals surface area contributed by atoms with Gasteiger partial charge in [0.05, 0.1) is 7.11 Å². The van der Waals surface area contributed by atoms with E-state index >= 15 is 0 Å². The first-order chi connectivity index (χ1) is 9.61. The number of hydrogen-bond donors (Lipinski definition) is 1. The third kappa shape index (κ3) is 3.36. The van der Waals surface area contributed by atoms with E-state index in [4.69, 9.17) is 4.74 Å². The van der Waals surface area contributed by atoms with E-state index in [9.17, 15) is 4.39 Å². The molecule has 0 heterocycles. The standard InChI is InChI=1S/C17H20FNO/c1-12(2)19-11-14-6-4-5-7-15(14)13-8-9-17(20-3)16(18)10-13/h4-10,12,19H,11H2,1-3H3. The van der Waals surface area contributed by atoms with Crippen molar-refractivity contribution in [1.82, 2.24) is 5.32 Å². The van der Waals surface area contributed by atoms with E-state index in [0.29, 0.717) is 6.04 Å². The summed E-state index contributed by atoms with van der Waals surface area (Å²) in [5, 5.41) is 3.39. The van der Waals surface area contributed by atoms with Crippen LogP contribution in [-0.4, -0.2) is 13.2 Å². The van der Waals surface area contributed by atoms with Crippen molar-refractivity contribution in [1.29, 1.82) is 0 Å². The summed E-state index contributed by atoms with van der Waals surface area (Å²) in [5.41, 5.74) is 3.07. The molecule has 0 aromatic heterocycles. The molecule has 0 radical (unpaired) electrons. The zero-order valence-corrected chi connectivity index (χ0v) is 12.1. The molecule has 20 heavy (non-hydrogen) atoms. The minimum absolute atomic E-state index is 0.270. The van der Waals surface area contributed by atoms with Crippen molar-refractivity contribution in [2.45, 2.75) is 26.4 Å². The monoisotopic (exact) mass is 273 g/mol. The molecule has 0 aliphatic rings. The third-order valence-electron chi connectivity index (χ3n) is 3.18. The second kappa shape index (κ2) is 6.53. The maximum absolute atomic E-state index is 13.8. The number of nitrogens with one attached hydrogen (secondary N) is 1. The largest absolute Gasteiger partial charge is 0.494 e. The maximum Gasteiger partial charge on any atom is 0.165 e. The van der Waals surface area contributed by atoms with Gasteiger partial charge in [-0.15, -0.1) is 0 Å². The topological polar surface area (TPSA) is 21.3 Å². The Labute approximate surface area is 119 Å². The zero-order valence-electron chi connectivity index (χ0n) is 12.1. The lowest BCUT2D eigenvalue weighted by Gasteiger charge is -2.13. The molecule has 0 bridgehead atoms. The van der Waals surface area contributed by atoms with Crippen molar-refractivity contribution in [2.24, 2.45) is 0 Å². The van der Waals surface area contributed by atoms with Crippen molar-refractivity contribution in [2.75, 3.05) is 7.11 Å². The molecule has 0 fully saturated rings. The van der Waals surface area contributed by atoms with Crippen molar-refractivity contribution in [3.8, 4) is 16.9 Å². The summed E-state index contributed by atoms with van der Waals surface area (Å²) in [6.07, 6.45) is 0. The van der Waals surface area contributed by atoms with Crippen LogP contribution in [0.3, 0.4) is 0 Å². The number of ether oxygens (including phenoxy) is 1. The fourth-order valence-electron chi connectivity index (χ4n) is 2.10. The fourth-order valence-corrected chi connectivity index (χ4v) is 2.10. The molecule has 0 unspecified atom stereocenters. The van der Waals surface area contributed by atoms with E-state index in [1.165, 1.54) is 13.2 Å². The van der Waals surface area contributed by atoms with E-state index in [1.54, 1.807) is 6.07 Å².